The molecule has 4 heterocycles. The van der Waals surface area contributed by atoms with Crippen molar-refractivity contribution in [1.82, 2.24) is 25.4 Å². The number of ether oxygens (including phenoxy) is 2. The normalized spacial score (nSPS) is 21.4. The van der Waals surface area contributed by atoms with Crippen LogP contribution in [-0.4, -0.2) is 95.5 Å². The number of methoxy groups -OCH3 is 1. The lowest BCUT2D eigenvalue weighted by Crippen LogP contribution is -2.56. The predicted octanol–water partition coefficient (Wildman–Crippen LogP) is 11.1. The van der Waals surface area contributed by atoms with Gasteiger partial charge in [0.2, 0.25) is 17.6 Å². The van der Waals surface area contributed by atoms with Crippen molar-refractivity contribution >= 4 is 65.5 Å². The van der Waals surface area contributed by atoms with E-state index in [9.17, 15) is 23.6 Å². The van der Waals surface area contributed by atoms with E-state index >= 15 is 0 Å². The van der Waals surface area contributed by atoms with E-state index in [1.54, 1.807) is 12.5 Å². The molecule has 4 aliphatic rings. The molecule has 0 spiro atoms. The van der Waals surface area contributed by atoms with Crippen LogP contribution < -0.4 is 20.7 Å². The summed E-state index contributed by atoms with van der Waals surface area (Å²) in [4.78, 5) is 63.2. The molecule has 3 aliphatic heterocycles. The van der Waals surface area contributed by atoms with Gasteiger partial charge in [0.05, 0.1) is 24.9 Å². The Morgan fingerprint density at radius 1 is 0.838 bits per heavy atom. The van der Waals surface area contributed by atoms with E-state index in [-0.39, 0.29) is 60.5 Å². The van der Waals surface area contributed by atoms with Gasteiger partial charge < -0.3 is 25.0 Å². The summed E-state index contributed by atoms with van der Waals surface area (Å²) < 4.78 is 24.8. The first-order chi connectivity index (χ1) is 32.1. The first kappa shape index (κ1) is 55.1. The van der Waals surface area contributed by atoms with Gasteiger partial charge in [0, 0.05) is 42.4 Å². The van der Waals surface area contributed by atoms with Crippen molar-refractivity contribution in [3.8, 4) is 5.75 Å². The molecule has 3 aromatic rings. The highest BCUT2D eigenvalue weighted by atomic mass is 35.5. The van der Waals surface area contributed by atoms with Gasteiger partial charge in [0.15, 0.2) is 0 Å². The zero-order chi connectivity index (χ0) is 46.4. The van der Waals surface area contributed by atoms with E-state index in [0.29, 0.717) is 41.3 Å². The van der Waals surface area contributed by atoms with Gasteiger partial charge in [-0.15, -0.1) is 36.2 Å². The minimum atomic E-state index is -0.593. The Kier molecular flexibility index (Phi) is 22.3. The summed E-state index contributed by atoms with van der Waals surface area (Å²) in [5.41, 5.74) is 2.36. The molecule has 376 valence electrons. The highest BCUT2D eigenvalue weighted by Gasteiger charge is 2.41. The number of hydrogen-bond acceptors (Lipinski definition) is 10. The van der Waals surface area contributed by atoms with Crippen LogP contribution in [0.1, 0.15) is 168 Å². The molecule has 12 nitrogen and oxygen atoms in total. The molecular formula is C52H75Cl2FN6O6S. The number of anilines is 1. The zero-order valence-corrected chi connectivity index (χ0v) is 42.8. The molecule has 1 aromatic heterocycles. The van der Waals surface area contributed by atoms with Gasteiger partial charge in [-0.2, -0.15) is 0 Å². The molecule has 3 N–H and O–H groups in total. The Hall–Kier alpha value is -3.82. The van der Waals surface area contributed by atoms with Crippen LogP contribution in [0.15, 0.2) is 47.8 Å². The van der Waals surface area contributed by atoms with Gasteiger partial charge in [-0.3, -0.25) is 24.6 Å². The second kappa shape index (κ2) is 27.5. The predicted molar refractivity (Wildman–Crippen MR) is 272 cm³/mol. The van der Waals surface area contributed by atoms with Gasteiger partial charge in [0.25, 0.3) is 0 Å². The third-order valence-corrected chi connectivity index (χ3v) is 15.4. The number of fused-ring (bicyclic) bond motifs is 2. The molecule has 1 aliphatic carbocycles. The summed E-state index contributed by atoms with van der Waals surface area (Å²) in [6, 6.07) is 10.9. The number of unbranched alkanes of at least 4 members (excludes halogenated alkanes) is 7. The van der Waals surface area contributed by atoms with Crippen LogP contribution in [0, 0.1) is 18.7 Å². The van der Waals surface area contributed by atoms with E-state index in [2.05, 4.69) is 25.8 Å². The van der Waals surface area contributed by atoms with Crippen molar-refractivity contribution in [2.75, 3.05) is 32.1 Å². The highest BCUT2D eigenvalue weighted by molar-refractivity contribution is 7.10. The molecule has 2 bridgehead atoms. The fourth-order valence-corrected chi connectivity index (χ4v) is 11.8. The summed E-state index contributed by atoms with van der Waals surface area (Å²) in [7, 11) is 1.60. The van der Waals surface area contributed by atoms with Crippen LogP contribution in [-0.2, 0) is 14.3 Å². The number of amides is 3. The van der Waals surface area contributed by atoms with Crippen LogP contribution in [0.3, 0.4) is 0 Å². The Morgan fingerprint density at radius 2 is 1.51 bits per heavy atom. The lowest BCUT2D eigenvalue weighted by molar-refractivity contribution is -0.139. The first-order valence-corrected chi connectivity index (χ1v) is 25.9. The molecule has 3 saturated heterocycles. The smallest absolute Gasteiger partial charge is 0.412 e. The number of halogens is 3. The quantitative estimate of drug-likeness (QED) is 0.0662. The van der Waals surface area contributed by atoms with Crippen molar-refractivity contribution in [3.05, 3.63) is 75.5 Å². The van der Waals surface area contributed by atoms with Gasteiger partial charge in [0.1, 0.15) is 34.4 Å². The summed E-state index contributed by atoms with van der Waals surface area (Å²) >= 11 is 1.38. The van der Waals surface area contributed by atoms with E-state index in [1.807, 2.05) is 36.9 Å². The van der Waals surface area contributed by atoms with Crippen molar-refractivity contribution in [2.45, 2.75) is 179 Å². The number of piperidine rings is 2. The summed E-state index contributed by atoms with van der Waals surface area (Å²) in [6.07, 6.45) is 21.0. The SMILES string of the molecule is COc1ccc(C)cc1NC(=O)OC1CC2CCCC(C1)N2CCCCCCCCCCNC(C)C(=O)N[C@H](C(=O)N1CCC[C@H]1c1nc(C(=O)c2ccc(F)cc2)cs1)C1CCCCC1.Cl.Cl. The van der Waals surface area contributed by atoms with Crippen molar-refractivity contribution in [1.29, 1.82) is 0 Å². The van der Waals surface area contributed by atoms with Crippen molar-refractivity contribution in [2.24, 2.45) is 5.92 Å². The monoisotopic (exact) mass is 1000 g/mol. The summed E-state index contributed by atoms with van der Waals surface area (Å²) in [5, 5.41) is 12.0. The average molecular weight is 1000 g/mol. The van der Waals surface area contributed by atoms with Gasteiger partial charge >= 0.3 is 6.09 Å². The van der Waals surface area contributed by atoms with E-state index in [1.165, 1.54) is 93.4 Å². The Labute approximate surface area is 419 Å². The Morgan fingerprint density at radius 3 is 2.21 bits per heavy atom. The number of nitrogens with one attached hydrogen (secondary N) is 3. The van der Waals surface area contributed by atoms with Crippen LogP contribution in [0.4, 0.5) is 14.9 Å². The average Bonchev–Trinajstić information content (AvgIpc) is 4.01. The maximum Gasteiger partial charge on any atom is 0.412 e. The fourth-order valence-electron chi connectivity index (χ4n) is 10.9. The number of benzene rings is 2. The van der Waals surface area contributed by atoms with E-state index in [4.69, 9.17) is 9.47 Å². The maximum absolute atomic E-state index is 14.4. The second-order valence-corrected chi connectivity index (χ2v) is 20.2. The minimum absolute atomic E-state index is 0. The molecule has 1 saturated carbocycles. The number of carbonyl (C=O) groups is 4. The molecule has 0 radical (unpaired) electrons. The first-order valence-electron chi connectivity index (χ1n) is 25.1. The van der Waals surface area contributed by atoms with Crippen LogP contribution in [0.2, 0.25) is 0 Å². The number of aryl methyl sites for hydroxylation is 1. The third kappa shape index (κ3) is 15.1. The number of aromatic nitrogens is 1. The third-order valence-electron chi connectivity index (χ3n) is 14.5. The number of likely N-dealkylation sites (tertiary alicyclic amines) is 1. The van der Waals surface area contributed by atoms with Crippen LogP contribution in [0.25, 0.3) is 0 Å². The molecule has 16 heteroatoms. The Bertz CT molecular complexity index is 2060. The molecule has 2 aromatic carbocycles. The standard InChI is InChI=1S/C52H73FN6O6S.2ClH/c1-35-22-27-46(64-3)43(31-35)56-52(63)65-42-32-40-19-15-20-41(33-42)58(40)29-14-9-7-5-4-6-8-13-28-54-36(2)49(61)57-47(37-17-11-10-12-18-37)51(62)59-30-16-21-45(59)50-55-44(34-66-50)48(60)38-23-25-39(53)26-24-38;;/h22-27,31,34,36-37,40-42,45,47,54H,4-21,28-30,32-33H2,1-3H3,(H,56,63)(H,57,61);2*1H/t36?,40?,41?,42?,45-,47-;;/m0../s1. The lowest BCUT2D eigenvalue weighted by atomic mass is 9.82. The molecule has 3 unspecified atom stereocenters. The van der Waals surface area contributed by atoms with Crippen LogP contribution >= 0.6 is 36.2 Å². The molecule has 68 heavy (non-hydrogen) atoms. The number of rotatable bonds is 22. The largest absolute Gasteiger partial charge is 0.495 e. The lowest BCUT2D eigenvalue weighted by Gasteiger charge is -2.48. The van der Waals surface area contributed by atoms with Gasteiger partial charge in [-0.25, -0.2) is 14.2 Å². The maximum atomic E-state index is 14.4. The molecule has 7 rings (SSSR count). The highest BCUT2D eigenvalue weighted by Crippen LogP contribution is 2.38. The number of thiazole rings is 1. The number of hydrogen-bond donors (Lipinski definition) is 3. The van der Waals surface area contributed by atoms with E-state index in [0.717, 1.165) is 94.3 Å². The topological polar surface area (TPSA) is 142 Å². The molecule has 4 fully saturated rings. The summed E-state index contributed by atoms with van der Waals surface area (Å²) in [5.74, 6) is -0.149. The van der Waals surface area contributed by atoms with Crippen molar-refractivity contribution < 1.29 is 33.0 Å². The zero-order valence-electron chi connectivity index (χ0n) is 40.3. The summed E-state index contributed by atoms with van der Waals surface area (Å²) in [6.45, 7) is 6.34. The fraction of sp³-hybridized carbons (Fsp3) is 0.635. The second-order valence-electron chi connectivity index (χ2n) is 19.3. The minimum Gasteiger partial charge on any atom is -0.495 e. The Balaban J connectivity index is 0.00000432. The molecular weight excluding hydrogens is 927 g/mol. The number of carbonyl (C=O) groups excluding carboxylic acids is 4. The molecule has 3 amide bonds. The van der Waals surface area contributed by atoms with Gasteiger partial charge in [-0.05, 0) is 126 Å². The number of ketones is 1. The van der Waals surface area contributed by atoms with E-state index < -0.39 is 24.0 Å². The van der Waals surface area contributed by atoms with Crippen LogP contribution in [0.5, 0.6) is 5.75 Å². The molecule has 5 atom stereocenters. The van der Waals surface area contributed by atoms with Crippen molar-refractivity contribution in [3.63, 3.8) is 0 Å². The number of nitrogens with zero attached hydrogens (tertiary/aromatic N) is 3. The van der Waals surface area contributed by atoms with Gasteiger partial charge in [-0.1, -0.05) is 70.3 Å².